The number of hydrogen-bond acceptors (Lipinski definition) is 5. The molecule has 0 aromatic heterocycles. The summed E-state index contributed by atoms with van der Waals surface area (Å²) < 4.78 is 42.0. The summed E-state index contributed by atoms with van der Waals surface area (Å²) in [4.78, 5) is 23.0. The van der Waals surface area contributed by atoms with Crippen LogP contribution in [0.1, 0.15) is 47.0 Å². The molecule has 0 heterocycles. The summed E-state index contributed by atoms with van der Waals surface area (Å²) in [6, 6.07) is 0. The summed E-state index contributed by atoms with van der Waals surface area (Å²) in [5.41, 5.74) is -3.55. The van der Waals surface area contributed by atoms with Gasteiger partial charge in [-0.15, -0.1) is 23.2 Å². The fourth-order valence-corrected chi connectivity index (χ4v) is 9.29. The number of fused-ring (bicyclic) bond motifs is 5. The van der Waals surface area contributed by atoms with Crippen LogP contribution in [0.25, 0.3) is 0 Å². The Morgan fingerprint density at radius 2 is 1.91 bits per heavy atom. The Kier molecular flexibility index (Phi) is 5.86. The van der Waals surface area contributed by atoms with Gasteiger partial charge in [0.25, 0.3) is 0 Å². The number of hydrogen-bond donors (Lipinski definition) is 0. The maximum atomic E-state index is 15.6. The van der Waals surface area contributed by atoms with Gasteiger partial charge in [-0.1, -0.05) is 26.8 Å². The van der Waals surface area contributed by atoms with Gasteiger partial charge in [0.2, 0.25) is 10.8 Å². The minimum Gasteiger partial charge on any atom is -0.487 e. The largest absolute Gasteiger partial charge is 0.487 e. The third-order valence-corrected chi connectivity index (χ3v) is 11.0. The fourth-order valence-electron chi connectivity index (χ4n) is 7.62. The Morgan fingerprint density at radius 1 is 1.27 bits per heavy atom. The Balaban J connectivity index is 1.91. The summed E-state index contributed by atoms with van der Waals surface area (Å²) in [5.74, 6) is -3.42. The van der Waals surface area contributed by atoms with Crippen LogP contribution < -0.4 is 0 Å². The third kappa shape index (κ3) is 2.88. The second-order valence-corrected chi connectivity index (χ2v) is 11.9. The van der Waals surface area contributed by atoms with E-state index < -0.39 is 56.4 Å². The van der Waals surface area contributed by atoms with Crippen molar-refractivity contribution in [2.45, 2.75) is 69.0 Å². The Labute approximate surface area is 208 Å². The molecule has 4 aliphatic carbocycles. The molecule has 0 aromatic rings. The average molecular weight is 521 g/mol. The zero-order valence-electron chi connectivity index (χ0n) is 19.2. The molecule has 0 bridgehead atoms. The van der Waals surface area contributed by atoms with Crippen molar-refractivity contribution >= 4 is 52.2 Å². The van der Waals surface area contributed by atoms with E-state index in [1.165, 1.54) is 20.1 Å². The molecule has 3 saturated carbocycles. The number of carbonyl (C=O) groups excluding carboxylic acids is 2. The van der Waals surface area contributed by atoms with Crippen molar-refractivity contribution in [2.75, 3.05) is 7.11 Å². The van der Waals surface area contributed by atoms with Crippen LogP contribution in [0.2, 0.25) is 0 Å². The summed E-state index contributed by atoms with van der Waals surface area (Å²) in [7, 11) is 1.44. The number of carbonyl (C=O) groups is 2. The zero-order chi connectivity index (χ0) is 24.7. The number of esters is 1. The van der Waals surface area contributed by atoms with Crippen LogP contribution in [0.4, 0.5) is 8.78 Å². The molecule has 0 amide bonds. The summed E-state index contributed by atoms with van der Waals surface area (Å²) in [5, 5.41) is -0.613. The van der Waals surface area contributed by atoms with Crippen molar-refractivity contribution in [2.24, 2.45) is 28.6 Å². The molecule has 0 saturated heterocycles. The normalized spacial score (nSPS) is 48.6. The third-order valence-electron chi connectivity index (χ3n) is 9.00. The van der Waals surface area contributed by atoms with Gasteiger partial charge >= 0.3 is 5.97 Å². The number of alkyl halides is 3. The van der Waals surface area contributed by atoms with Gasteiger partial charge in [-0.25, -0.2) is 8.78 Å². The van der Waals surface area contributed by atoms with Gasteiger partial charge < -0.3 is 9.47 Å². The van der Waals surface area contributed by atoms with Crippen molar-refractivity contribution in [3.8, 4) is 0 Å². The summed E-state index contributed by atoms with van der Waals surface area (Å²) in [6.07, 6.45) is 1.67. The van der Waals surface area contributed by atoms with E-state index in [9.17, 15) is 14.0 Å². The fraction of sp³-hybridized carbons (Fsp3) is 0.708. The van der Waals surface area contributed by atoms with Crippen molar-refractivity contribution in [3.63, 3.8) is 0 Å². The van der Waals surface area contributed by atoms with E-state index in [0.717, 1.165) is 6.08 Å². The molecule has 3 fully saturated rings. The molecule has 0 aromatic carbocycles. The van der Waals surface area contributed by atoms with Gasteiger partial charge in [0.05, 0.1) is 17.4 Å². The van der Waals surface area contributed by atoms with Crippen LogP contribution in [-0.2, 0) is 19.1 Å². The number of methoxy groups -OCH3 is 1. The molecule has 9 heteroatoms. The maximum Gasteiger partial charge on any atom is 0.303 e. The molecule has 33 heavy (non-hydrogen) atoms. The lowest BCUT2D eigenvalue weighted by Gasteiger charge is -2.64. The highest BCUT2D eigenvalue weighted by atomic mass is 35.5. The molecular formula is C24H28Cl2F2O4S. The monoisotopic (exact) mass is 520 g/mol. The van der Waals surface area contributed by atoms with E-state index in [4.69, 9.17) is 44.9 Å². The highest BCUT2D eigenvalue weighted by molar-refractivity contribution is 7.80. The van der Waals surface area contributed by atoms with Crippen LogP contribution in [0.5, 0.6) is 0 Å². The summed E-state index contributed by atoms with van der Waals surface area (Å²) >= 11 is 20.0. The van der Waals surface area contributed by atoms with Gasteiger partial charge in [-0.2, -0.15) is 0 Å². The van der Waals surface area contributed by atoms with Crippen LogP contribution in [0.15, 0.2) is 23.6 Å². The Bertz CT molecular complexity index is 1000. The van der Waals surface area contributed by atoms with Gasteiger partial charge in [-0.3, -0.25) is 9.59 Å². The number of halogens is 4. The van der Waals surface area contributed by atoms with Gasteiger partial charge in [0, 0.05) is 29.2 Å². The topological polar surface area (TPSA) is 52.6 Å². The van der Waals surface area contributed by atoms with Crippen LogP contribution >= 0.6 is 35.4 Å². The number of ketones is 1. The molecule has 182 valence electrons. The second kappa shape index (κ2) is 7.72. The van der Waals surface area contributed by atoms with Gasteiger partial charge in [-0.05, 0) is 49.4 Å². The average Bonchev–Trinajstić information content (AvgIpc) is 2.94. The van der Waals surface area contributed by atoms with Crippen molar-refractivity contribution in [3.05, 3.63) is 23.6 Å². The molecule has 4 rings (SSSR count). The Morgan fingerprint density at radius 3 is 2.48 bits per heavy atom. The minimum absolute atomic E-state index is 0.0882. The van der Waals surface area contributed by atoms with E-state index in [1.807, 2.05) is 13.8 Å². The van der Waals surface area contributed by atoms with Crippen LogP contribution in [0, 0.1) is 28.6 Å². The van der Waals surface area contributed by atoms with Crippen molar-refractivity contribution in [1.29, 1.82) is 0 Å². The van der Waals surface area contributed by atoms with Crippen molar-refractivity contribution in [1.82, 2.24) is 0 Å². The van der Waals surface area contributed by atoms with E-state index in [1.54, 1.807) is 6.92 Å². The molecule has 4 nitrogen and oxygen atoms in total. The number of rotatable bonds is 2. The molecule has 0 radical (unpaired) electrons. The Hall–Kier alpha value is -1.05. The first-order valence-corrected chi connectivity index (χ1v) is 12.3. The zero-order valence-corrected chi connectivity index (χ0v) is 21.5. The van der Waals surface area contributed by atoms with Gasteiger partial charge in [0.15, 0.2) is 11.4 Å². The minimum atomic E-state index is -1.69. The standard InChI is InChI=1S/C24H28Cl2F2O4S/c1-11-8-13-14-9-15(27)18-19(28)16(30)6-7-21(18,3)23(14,26)17(25)10-22(13,4)24(11,20(33)31-5)32-12(2)29/h6-7,11,13-15,17H,8-10H2,1-5H3/t11-,13+,14+,15+,17+,21+,22+,23+,24+/m1/s1. The van der Waals surface area contributed by atoms with E-state index in [2.05, 4.69) is 0 Å². The molecule has 0 aliphatic heterocycles. The molecule has 0 N–H and O–H groups in total. The first-order chi connectivity index (χ1) is 15.2. The van der Waals surface area contributed by atoms with Gasteiger partial charge in [0.1, 0.15) is 6.17 Å². The van der Waals surface area contributed by atoms with E-state index in [-0.39, 0.29) is 35.3 Å². The number of thiocarbonyl (C=S) groups is 1. The molecule has 9 atom stereocenters. The van der Waals surface area contributed by atoms with Crippen LogP contribution in [0.3, 0.4) is 0 Å². The lowest BCUT2D eigenvalue weighted by atomic mass is 9.46. The number of ether oxygens (including phenoxy) is 2. The molecule has 4 aliphatic rings. The first-order valence-electron chi connectivity index (χ1n) is 11.1. The lowest BCUT2D eigenvalue weighted by molar-refractivity contribution is -0.172. The molecule has 0 unspecified atom stereocenters. The predicted octanol–water partition coefficient (Wildman–Crippen LogP) is 5.64. The van der Waals surface area contributed by atoms with E-state index >= 15 is 4.39 Å². The molecule has 0 spiro atoms. The molecular weight excluding hydrogens is 493 g/mol. The summed E-state index contributed by atoms with van der Waals surface area (Å²) in [6.45, 7) is 6.85. The maximum absolute atomic E-state index is 15.6. The van der Waals surface area contributed by atoms with Crippen molar-refractivity contribution < 1.29 is 27.8 Å². The highest BCUT2D eigenvalue weighted by Crippen LogP contribution is 2.73. The predicted molar refractivity (Wildman–Crippen MR) is 126 cm³/mol. The first kappa shape index (κ1) is 25.1. The smallest absolute Gasteiger partial charge is 0.303 e. The second-order valence-electron chi connectivity index (χ2n) is 10.4. The SMILES string of the molecule is COC(=S)[C@@]1(OC(C)=O)[C@H](C)C[C@H]2[C@@H]3C[C@H](F)C4=C(F)C(=O)C=C[C@]4(C)[C@@]3(Cl)[C@@H](Cl)C[C@@]21C. The highest BCUT2D eigenvalue weighted by Gasteiger charge is 2.77. The van der Waals surface area contributed by atoms with E-state index in [0.29, 0.717) is 6.42 Å². The quantitative estimate of drug-likeness (QED) is 0.268. The van der Waals surface area contributed by atoms with Crippen LogP contribution in [-0.4, -0.2) is 45.9 Å². The lowest BCUT2D eigenvalue weighted by Crippen LogP contribution is -2.69. The number of allylic oxidation sites excluding steroid dienone is 4.